The number of nitro groups is 1. The smallest absolute Gasteiger partial charge is 0.272 e. The zero-order valence-corrected chi connectivity index (χ0v) is 8.59. The van der Waals surface area contributed by atoms with Gasteiger partial charge in [-0.05, 0) is 6.07 Å². The van der Waals surface area contributed by atoms with Gasteiger partial charge in [0, 0.05) is 12.6 Å². The Kier molecular flexibility index (Phi) is 2.84. The zero-order valence-electron chi connectivity index (χ0n) is 8.59. The van der Waals surface area contributed by atoms with Gasteiger partial charge in [0.15, 0.2) is 0 Å². The first-order chi connectivity index (χ1) is 8.11. The number of rotatable bonds is 3. The highest BCUT2D eigenvalue weighted by molar-refractivity contribution is 5.57. The van der Waals surface area contributed by atoms with E-state index in [-0.39, 0.29) is 23.7 Å². The van der Waals surface area contributed by atoms with Gasteiger partial charge in [-0.3, -0.25) is 10.1 Å². The molecule has 0 unspecified atom stereocenters. The monoisotopic (exact) mass is 237 g/mol. The zero-order chi connectivity index (χ0) is 12.4. The summed E-state index contributed by atoms with van der Waals surface area (Å²) in [5.74, 6) is -0.706. The predicted octanol–water partition coefficient (Wildman–Crippen LogP) is 1.85. The molecule has 0 saturated carbocycles. The van der Waals surface area contributed by atoms with Crippen LogP contribution in [0.25, 0.3) is 11.5 Å². The minimum Gasteiger partial charge on any atom is -0.444 e. The lowest BCUT2D eigenvalue weighted by Crippen LogP contribution is -1.96. The van der Waals surface area contributed by atoms with Gasteiger partial charge in [0.25, 0.3) is 5.69 Å². The van der Waals surface area contributed by atoms with E-state index in [1.54, 1.807) is 0 Å². The lowest BCUT2D eigenvalue weighted by Gasteiger charge is -1.97. The first-order valence-electron chi connectivity index (χ1n) is 4.70. The van der Waals surface area contributed by atoms with Gasteiger partial charge >= 0.3 is 0 Å². The molecule has 0 bridgehead atoms. The second-order valence-corrected chi connectivity index (χ2v) is 3.27. The summed E-state index contributed by atoms with van der Waals surface area (Å²) in [4.78, 5) is 13.7. The summed E-state index contributed by atoms with van der Waals surface area (Å²) in [7, 11) is 0. The minimum absolute atomic E-state index is 0.0536. The Labute approximate surface area is 95.0 Å². The number of nitrogens with two attached hydrogens (primary N) is 1. The van der Waals surface area contributed by atoms with Crippen molar-refractivity contribution in [3.63, 3.8) is 0 Å². The fraction of sp³-hybridized carbons (Fsp3) is 0.100. The molecule has 0 radical (unpaired) electrons. The third kappa shape index (κ3) is 2.13. The maximum absolute atomic E-state index is 13.6. The van der Waals surface area contributed by atoms with Crippen molar-refractivity contribution in [3.05, 3.63) is 46.1 Å². The highest BCUT2D eigenvalue weighted by atomic mass is 19.1. The van der Waals surface area contributed by atoms with E-state index in [9.17, 15) is 14.5 Å². The lowest BCUT2D eigenvalue weighted by molar-refractivity contribution is -0.385. The van der Waals surface area contributed by atoms with Crippen LogP contribution in [0.3, 0.4) is 0 Å². The number of nitro benzene ring substituents is 1. The number of oxazole rings is 1. The van der Waals surface area contributed by atoms with Crippen molar-refractivity contribution in [2.45, 2.75) is 6.54 Å². The molecule has 0 fully saturated rings. The van der Waals surface area contributed by atoms with Gasteiger partial charge in [-0.25, -0.2) is 9.37 Å². The average Bonchev–Trinajstić information content (AvgIpc) is 2.77. The van der Waals surface area contributed by atoms with E-state index in [0.29, 0.717) is 5.69 Å². The molecule has 1 aromatic heterocycles. The van der Waals surface area contributed by atoms with Crippen LogP contribution in [0.1, 0.15) is 5.69 Å². The van der Waals surface area contributed by atoms with Crippen molar-refractivity contribution >= 4 is 5.69 Å². The normalized spacial score (nSPS) is 10.5. The highest BCUT2D eigenvalue weighted by Crippen LogP contribution is 2.25. The van der Waals surface area contributed by atoms with Crippen molar-refractivity contribution in [2.24, 2.45) is 5.73 Å². The summed E-state index contributed by atoms with van der Waals surface area (Å²) in [6.45, 7) is 0.179. The number of hydrogen-bond acceptors (Lipinski definition) is 5. The quantitative estimate of drug-likeness (QED) is 0.649. The second kappa shape index (κ2) is 4.30. The summed E-state index contributed by atoms with van der Waals surface area (Å²) < 4.78 is 18.6. The predicted molar refractivity (Wildman–Crippen MR) is 56.4 cm³/mol. The van der Waals surface area contributed by atoms with Crippen molar-refractivity contribution < 1.29 is 13.7 Å². The maximum atomic E-state index is 13.6. The van der Waals surface area contributed by atoms with Crippen molar-refractivity contribution in [1.82, 2.24) is 4.98 Å². The van der Waals surface area contributed by atoms with Crippen LogP contribution in [0.5, 0.6) is 0 Å². The molecule has 88 valence electrons. The fourth-order valence-corrected chi connectivity index (χ4v) is 1.32. The van der Waals surface area contributed by atoms with E-state index < -0.39 is 10.7 Å². The molecular weight excluding hydrogens is 229 g/mol. The Morgan fingerprint density at radius 1 is 1.53 bits per heavy atom. The number of hydrogen-bond donors (Lipinski definition) is 1. The molecule has 6 nitrogen and oxygen atoms in total. The summed E-state index contributed by atoms with van der Waals surface area (Å²) in [5.41, 5.74) is 5.56. The van der Waals surface area contributed by atoms with Gasteiger partial charge in [0.1, 0.15) is 12.1 Å². The van der Waals surface area contributed by atoms with Gasteiger partial charge in [0.05, 0.1) is 22.2 Å². The maximum Gasteiger partial charge on any atom is 0.272 e. The summed E-state index contributed by atoms with van der Waals surface area (Å²) in [6.07, 6.45) is 1.32. The molecule has 7 heteroatoms. The molecule has 0 amide bonds. The molecule has 2 rings (SSSR count). The molecule has 0 atom stereocenters. The van der Waals surface area contributed by atoms with Gasteiger partial charge in [-0.2, -0.15) is 0 Å². The van der Waals surface area contributed by atoms with Crippen molar-refractivity contribution in [2.75, 3.05) is 0 Å². The molecule has 2 N–H and O–H groups in total. The summed E-state index contributed by atoms with van der Waals surface area (Å²) in [5, 5.41) is 10.4. The third-order valence-electron chi connectivity index (χ3n) is 2.15. The Morgan fingerprint density at radius 3 is 2.82 bits per heavy atom. The van der Waals surface area contributed by atoms with Crippen LogP contribution in [0.15, 0.2) is 28.9 Å². The van der Waals surface area contributed by atoms with Crippen LogP contribution in [-0.2, 0) is 6.54 Å². The second-order valence-electron chi connectivity index (χ2n) is 3.27. The van der Waals surface area contributed by atoms with Crippen LogP contribution in [0, 0.1) is 15.9 Å². The third-order valence-corrected chi connectivity index (χ3v) is 2.15. The molecule has 0 saturated heterocycles. The van der Waals surface area contributed by atoms with Crippen molar-refractivity contribution in [3.8, 4) is 11.5 Å². The number of nitrogens with zero attached hydrogens (tertiary/aromatic N) is 2. The van der Waals surface area contributed by atoms with E-state index in [2.05, 4.69) is 4.98 Å². The highest BCUT2D eigenvalue weighted by Gasteiger charge is 2.15. The summed E-state index contributed by atoms with van der Waals surface area (Å²) >= 11 is 0. The topological polar surface area (TPSA) is 95.2 Å². The number of benzene rings is 1. The molecule has 0 spiro atoms. The van der Waals surface area contributed by atoms with E-state index >= 15 is 0 Å². The van der Waals surface area contributed by atoms with Crippen LogP contribution >= 0.6 is 0 Å². The molecular formula is C10H8FN3O3. The first kappa shape index (κ1) is 11.2. The largest absolute Gasteiger partial charge is 0.444 e. The molecule has 0 aliphatic heterocycles. The van der Waals surface area contributed by atoms with E-state index in [1.807, 2.05) is 0 Å². The van der Waals surface area contributed by atoms with Gasteiger partial charge in [-0.1, -0.05) is 0 Å². The Bertz CT molecular complexity index is 568. The van der Waals surface area contributed by atoms with Gasteiger partial charge in [-0.15, -0.1) is 0 Å². The van der Waals surface area contributed by atoms with Crippen LogP contribution < -0.4 is 5.73 Å². The van der Waals surface area contributed by atoms with Crippen LogP contribution in [-0.4, -0.2) is 9.91 Å². The standard InChI is InChI=1S/C10H8FN3O3/c11-9-3-7(14(15)16)1-2-8(9)10-13-6(4-12)5-17-10/h1-3,5H,4,12H2. The van der Waals surface area contributed by atoms with E-state index in [1.165, 1.54) is 18.4 Å². The minimum atomic E-state index is -0.760. The van der Waals surface area contributed by atoms with Crippen molar-refractivity contribution in [1.29, 1.82) is 0 Å². The van der Waals surface area contributed by atoms with Crippen LogP contribution in [0.4, 0.5) is 10.1 Å². The Hall–Kier alpha value is -2.28. The molecule has 1 aromatic carbocycles. The molecule has 1 heterocycles. The number of halogens is 1. The van der Waals surface area contributed by atoms with E-state index in [0.717, 1.165) is 6.07 Å². The van der Waals surface area contributed by atoms with E-state index in [4.69, 9.17) is 10.2 Å². The molecule has 17 heavy (non-hydrogen) atoms. The summed E-state index contributed by atoms with van der Waals surface area (Å²) in [6, 6.07) is 3.26. The average molecular weight is 237 g/mol. The molecule has 2 aromatic rings. The number of aromatic nitrogens is 1. The SMILES string of the molecule is NCc1coc(-c2ccc([N+](=O)[O-])cc2F)n1. The van der Waals surface area contributed by atoms with Gasteiger partial charge < -0.3 is 10.2 Å². The van der Waals surface area contributed by atoms with Gasteiger partial charge in [0.2, 0.25) is 5.89 Å². The lowest BCUT2D eigenvalue weighted by atomic mass is 10.2. The Morgan fingerprint density at radius 2 is 2.29 bits per heavy atom. The molecule has 0 aliphatic rings. The van der Waals surface area contributed by atoms with Crippen LogP contribution in [0.2, 0.25) is 0 Å². The Balaban J connectivity index is 2.42. The fourth-order valence-electron chi connectivity index (χ4n) is 1.32. The first-order valence-corrected chi connectivity index (χ1v) is 4.70. The number of non-ortho nitro benzene ring substituents is 1. The molecule has 0 aliphatic carbocycles.